The van der Waals surface area contributed by atoms with Crippen LogP contribution in [0.25, 0.3) is 0 Å². The van der Waals surface area contributed by atoms with Gasteiger partial charge in [0.15, 0.2) is 0 Å². The molecule has 9 heavy (non-hydrogen) atoms. The Kier molecular flexibility index (Phi) is 3.79. The number of hydrogen-bond donors (Lipinski definition) is 0. The summed E-state index contributed by atoms with van der Waals surface area (Å²) in [5, 5.41) is 13.7. The fourth-order valence-electron chi connectivity index (χ4n) is 0.211. The van der Waals surface area contributed by atoms with Crippen molar-refractivity contribution in [3.8, 4) is 0 Å². The molecule has 0 aliphatic heterocycles. The van der Waals surface area contributed by atoms with Crippen molar-refractivity contribution < 1.29 is 17.1 Å². The zero-order chi connectivity index (χ0) is 5.98. The molecule has 1 radical (unpaired) electrons. The van der Waals surface area contributed by atoms with Crippen molar-refractivity contribution in [2.24, 2.45) is 0 Å². The van der Waals surface area contributed by atoms with Crippen molar-refractivity contribution in [2.75, 3.05) is 0 Å². The van der Waals surface area contributed by atoms with Gasteiger partial charge in [-0.05, 0) is 0 Å². The number of nitrogens with zero attached hydrogens (tertiary/aromatic N) is 4. The van der Waals surface area contributed by atoms with Gasteiger partial charge in [0, 0.05) is 0 Å². The Hall–Kier alpha value is -0.101. The molecule has 0 atom stereocenters. The first-order chi connectivity index (χ1) is 3.79. The fraction of sp³-hybridized carbons (Fsp3) is 0. The van der Waals surface area contributed by atoms with E-state index in [2.05, 4.69) is 45.7 Å². The summed E-state index contributed by atoms with van der Waals surface area (Å²) in [6.07, 6.45) is 0. The van der Waals surface area contributed by atoms with E-state index in [4.69, 9.17) is 0 Å². The van der Waals surface area contributed by atoms with E-state index >= 15 is 0 Å². The molecule has 0 bridgehead atoms. The van der Waals surface area contributed by atoms with Crippen molar-refractivity contribution in [3.05, 3.63) is 0 Å². The second-order valence-corrected chi connectivity index (χ2v) is 1.70. The van der Waals surface area contributed by atoms with E-state index in [1.807, 2.05) is 0 Å². The number of aromatic nitrogens is 4. The minimum Gasteiger partial charge on any atom is -0.736 e. The third kappa shape index (κ3) is 2.81. The summed E-state index contributed by atoms with van der Waals surface area (Å²) in [5.74, 6) is 0. The topological polar surface area (TPSA) is 51.6 Å². The van der Waals surface area contributed by atoms with Crippen LogP contribution in [-0.4, -0.2) is 20.4 Å². The maximum absolute atomic E-state index is 4.48. The summed E-state index contributed by atoms with van der Waals surface area (Å²) >= 11 is 8.96. The molecule has 0 amide bonds. The Morgan fingerprint density at radius 3 is 1.22 bits per heavy atom. The number of hydrogen-bond acceptors (Lipinski definition) is 6. The van der Waals surface area contributed by atoms with Crippen molar-refractivity contribution in [3.63, 3.8) is 0 Å². The van der Waals surface area contributed by atoms with Crippen LogP contribution in [0.3, 0.4) is 0 Å². The van der Waals surface area contributed by atoms with Crippen LogP contribution in [0.15, 0.2) is 10.3 Å². The molecule has 7 heteroatoms. The largest absolute Gasteiger partial charge is 2.00 e. The quantitative estimate of drug-likeness (QED) is 0.397. The normalized spacial score (nSPS) is 8.00. The Balaban J connectivity index is 0.000000640. The first-order valence-electron chi connectivity index (χ1n) is 1.70. The van der Waals surface area contributed by atoms with Crippen LogP contribution in [0.4, 0.5) is 0 Å². The van der Waals surface area contributed by atoms with Gasteiger partial charge in [0.1, 0.15) is 0 Å². The Morgan fingerprint density at radius 2 is 1.00 bits per heavy atom. The van der Waals surface area contributed by atoms with Gasteiger partial charge in [0.05, 0.1) is 10.3 Å². The van der Waals surface area contributed by atoms with E-state index in [1.165, 1.54) is 0 Å². The Labute approximate surface area is 73.2 Å². The average Bonchev–Trinajstić information content (AvgIpc) is 1.77. The van der Waals surface area contributed by atoms with Gasteiger partial charge >= 0.3 is 17.1 Å². The summed E-state index contributed by atoms with van der Waals surface area (Å²) in [6, 6.07) is 0. The molecule has 0 fully saturated rings. The minimum absolute atomic E-state index is 0. The van der Waals surface area contributed by atoms with E-state index in [-0.39, 0.29) is 27.4 Å². The molecule has 4 nitrogen and oxygen atoms in total. The van der Waals surface area contributed by atoms with Crippen LogP contribution in [0.2, 0.25) is 0 Å². The minimum atomic E-state index is 0. The van der Waals surface area contributed by atoms with Gasteiger partial charge in [-0.15, -0.1) is 0 Å². The van der Waals surface area contributed by atoms with Crippen LogP contribution >= 0.6 is 0 Å². The summed E-state index contributed by atoms with van der Waals surface area (Å²) in [7, 11) is 0. The molecule has 0 aromatic carbocycles. The monoisotopic (exact) mass is 199 g/mol. The zero-order valence-electron chi connectivity index (χ0n) is 3.98. The fourth-order valence-corrected chi connectivity index (χ4v) is 0.374. The molecular formula is C2MnN4S2. The van der Waals surface area contributed by atoms with Gasteiger partial charge in [0.2, 0.25) is 0 Å². The maximum atomic E-state index is 4.48. The summed E-state index contributed by atoms with van der Waals surface area (Å²) < 4.78 is 0. The molecule has 1 aromatic rings. The Morgan fingerprint density at radius 1 is 0.778 bits per heavy atom. The van der Waals surface area contributed by atoms with Crippen LogP contribution in [0.1, 0.15) is 0 Å². The standard InChI is InChI=1S/C2H2N4S2.Mn/c7-1-3-5-2(8)6-4-1;/h(H,3,4,7)(H,5,6,8);/q;+2/p-2. The predicted octanol–water partition coefficient (Wildman–Crippen LogP) is -0.924. The van der Waals surface area contributed by atoms with Crippen LogP contribution in [0.5, 0.6) is 0 Å². The first kappa shape index (κ1) is 8.90. The van der Waals surface area contributed by atoms with Gasteiger partial charge in [-0.1, -0.05) is 0 Å². The van der Waals surface area contributed by atoms with Crippen LogP contribution < -0.4 is 0 Å². The third-order valence-corrected chi connectivity index (χ3v) is 0.769. The average molecular weight is 199 g/mol. The smallest absolute Gasteiger partial charge is 0.736 e. The van der Waals surface area contributed by atoms with Gasteiger partial charge in [-0.2, -0.15) is 20.4 Å². The van der Waals surface area contributed by atoms with Crippen molar-refractivity contribution in [1.82, 2.24) is 20.4 Å². The molecule has 0 aliphatic rings. The van der Waals surface area contributed by atoms with Gasteiger partial charge in [-0.3, -0.25) is 0 Å². The molecule has 0 saturated heterocycles. The molecule has 1 rings (SSSR count). The third-order valence-electron chi connectivity index (χ3n) is 0.442. The summed E-state index contributed by atoms with van der Waals surface area (Å²) in [5.41, 5.74) is 0. The van der Waals surface area contributed by atoms with Gasteiger partial charge < -0.3 is 25.3 Å². The zero-order valence-corrected chi connectivity index (χ0v) is 6.80. The summed E-state index contributed by atoms with van der Waals surface area (Å²) in [4.78, 5) is 0. The van der Waals surface area contributed by atoms with Crippen molar-refractivity contribution >= 4 is 25.3 Å². The van der Waals surface area contributed by atoms with Crippen molar-refractivity contribution in [1.29, 1.82) is 0 Å². The SMILES string of the molecule is [Mn+2].[S-]c1nnc([S-])nn1. The van der Waals surface area contributed by atoms with E-state index in [0.717, 1.165) is 0 Å². The van der Waals surface area contributed by atoms with Gasteiger partial charge in [0.25, 0.3) is 0 Å². The molecular weight excluding hydrogens is 199 g/mol. The molecule has 47 valence electrons. The Bertz CT molecular complexity index is 155. The van der Waals surface area contributed by atoms with E-state index in [1.54, 1.807) is 0 Å². The van der Waals surface area contributed by atoms with E-state index in [9.17, 15) is 0 Å². The molecule has 0 spiro atoms. The predicted molar refractivity (Wildman–Crippen MR) is 28.9 cm³/mol. The summed E-state index contributed by atoms with van der Waals surface area (Å²) in [6.45, 7) is 0. The first-order valence-corrected chi connectivity index (χ1v) is 2.52. The van der Waals surface area contributed by atoms with Crippen LogP contribution in [0, 0.1) is 0 Å². The van der Waals surface area contributed by atoms with Gasteiger partial charge in [-0.25, -0.2) is 0 Å². The molecule has 0 unspecified atom stereocenters. The van der Waals surface area contributed by atoms with E-state index < -0.39 is 0 Å². The van der Waals surface area contributed by atoms with Crippen LogP contribution in [-0.2, 0) is 42.3 Å². The molecule has 1 aromatic heterocycles. The molecule has 1 heterocycles. The second-order valence-electron chi connectivity index (χ2n) is 0.965. The number of rotatable bonds is 0. The van der Waals surface area contributed by atoms with Crippen molar-refractivity contribution in [2.45, 2.75) is 10.3 Å². The second kappa shape index (κ2) is 3.84. The van der Waals surface area contributed by atoms with E-state index in [0.29, 0.717) is 0 Å². The maximum Gasteiger partial charge on any atom is 2.00 e. The molecule has 0 aliphatic carbocycles. The molecule has 0 saturated carbocycles. The molecule has 0 N–H and O–H groups in total.